The number of likely N-dealkylation sites (N-methyl/N-ethyl adjacent to an activating group) is 1. The fourth-order valence-corrected chi connectivity index (χ4v) is 4.71. The first-order valence-electron chi connectivity index (χ1n) is 9.94. The lowest BCUT2D eigenvalue weighted by Crippen LogP contribution is -2.47. The van der Waals surface area contributed by atoms with Crippen LogP contribution in [-0.2, 0) is 14.3 Å². The Hall–Kier alpha value is -2.19. The van der Waals surface area contributed by atoms with E-state index in [0.29, 0.717) is 24.6 Å². The highest BCUT2D eigenvalue weighted by molar-refractivity contribution is 9.10. The number of amides is 2. The van der Waals surface area contributed by atoms with Crippen LogP contribution in [0.1, 0.15) is 29.4 Å². The van der Waals surface area contributed by atoms with Crippen LogP contribution in [-0.4, -0.2) is 60.9 Å². The first-order valence-corrected chi connectivity index (χ1v) is 11.6. The maximum absolute atomic E-state index is 12.8. The molecule has 2 heterocycles. The Morgan fingerprint density at radius 2 is 1.93 bits per heavy atom. The highest BCUT2D eigenvalue weighted by Gasteiger charge is 2.30. The smallest absolute Gasteiger partial charge is 0.310 e. The lowest BCUT2D eigenvalue weighted by atomic mass is 9.98. The molecule has 1 aromatic carbocycles. The summed E-state index contributed by atoms with van der Waals surface area (Å²) in [5.41, 5.74) is 1.04. The van der Waals surface area contributed by atoms with Crippen molar-refractivity contribution >= 4 is 45.1 Å². The molecule has 1 fully saturated rings. The molecular weight excluding hydrogens is 468 g/mol. The van der Waals surface area contributed by atoms with Crippen LogP contribution in [0.3, 0.4) is 0 Å². The van der Waals surface area contributed by atoms with Crippen molar-refractivity contribution in [2.24, 2.45) is 5.92 Å². The Bertz CT molecular complexity index is 912. The zero-order chi connectivity index (χ0) is 21.7. The van der Waals surface area contributed by atoms with E-state index in [9.17, 15) is 14.4 Å². The molecule has 0 aliphatic carbocycles. The lowest BCUT2D eigenvalue weighted by Gasteiger charge is -2.32. The number of rotatable bonds is 6. The number of thiophene rings is 1. The van der Waals surface area contributed by atoms with Gasteiger partial charge in [-0.15, -0.1) is 11.3 Å². The Labute approximate surface area is 188 Å². The van der Waals surface area contributed by atoms with Crippen LogP contribution in [0, 0.1) is 5.92 Å². The third kappa shape index (κ3) is 5.49. The molecule has 160 valence electrons. The second-order valence-electron chi connectivity index (χ2n) is 7.26. The minimum atomic E-state index is -0.283. The molecule has 0 bridgehead atoms. The molecule has 0 saturated carbocycles. The van der Waals surface area contributed by atoms with Crippen LogP contribution in [0.2, 0.25) is 0 Å². The minimum Gasteiger partial charge on any atom is -0.466 e. The zero-order valence-electron chi connectivity index (χ0n) is 17.1. The predicted octanol–water partition coefficient (Wildman–Crippen LogP) is 4.05. The third-order valence-electron chi connectivity index (χ3n) is 5.06. The topological polar surface area (TPSA) is 66.9 Å². The van der Waals surface area contributed by atoms with Gasteiger partial charge in [-0.05, 0) is 49.6 Å². The van der Waals surface area contributed by atoms with Gasteiger partial charge in [0.1, 0.15) is 0 Å². The molecule has 1 saturated heterocycles. The van der Waals surface area contributed by atoms with Gasteiger partial charge in [-0.25, -0.2) is 0 Å². The van der Waals surface area contributed by atoms with Crippen LogP contribution in [0.5, 0.6) is 0 Å². The quantitative estimate of drug-likeness (QED) is 0.570. The largest absolute Gasteiger partial charge is 0.466 e. The highest BCUT2D eigenvalue weighted by Crippen LogP contribution is 2.29. The summed E-state index contributed by atoms with van der Waals surface area (Å²) in [5, 5.41) is 0. The molecule has 1 aromatic heterocycles. The van der Waals surface area contributed by atoms with Gasteiger partial charge in [-0.1, -0.05) is 28.1 Å². The van der Waals surface area contributed by atoms with Crippen molar-refractivity contribution in [1.82, 2.24) is 9.80 Å². The molecule has 2 amide bonds. The molecule has 8 heteroatoms. The number of carbonyl (C=O) groups is 3. The van der Waals surface area contributed by atoms with Crippen molar-refractivity contribution in [3.63, 3.8) is 0 Å². The number of piperidine rings is 1. The van der Waals surface area contributed by atoms with E-state index in [4.69, 9.17) is 4.74 Å². The van der Waals surface area contributed by atoms with Gasteiger partial charge in [-0.3, -0.25) is 14.4 Å². The van der Waals surface area contributed by atoms with Crippen LogP contribution in [0.4, 0.5) is 0 Å². The van der Waals surface area contributed by atoms with Gasteiger partial charge in [0.25, 0.3) is 5.91 Å². The van der Waals surface area contributed by atoms with Crippen molar-refractivity contribution in [1.29, 1.82) is 0 Å². The van der Waals surface area contributed by atoms with E-state index < -0.39 is 0 Å². The van der Waals surface area contributed by atoms with Gasteiger partial charge in [0.05, 0.1) is 23.9 Å². The molecule has 0 N–H and O–H groups in total. The summed E-state index contributed by atoms with van der Waals surface area (Å²) in [7, 11) is 1.63. The summed E-state index contributed by atoms with van der Waals surface area (Å²) >= 11 is 4.83. The summed E-state index contributed by atoms with van der Waals surface area (Å²) in [6, 6.07) is 11.6. The summed E-state index contributed by atoms with van der Waals surface area (Å²) < 4.78 is 6.09. The number of halogens is 1. The molecular formula is C22H25BrN2O4S. The molecule has 3 rings (SSSR count). The van der Waals surface area contributed by atoms with E-state index in [2.05, 4.69) is 15.9 Å². The average molecular weight is 493 g/mol. The zero-order valence-corrected chi connectivity index (χ0v) is 19.5. The summed E-state index contributed by atoms with van der Waals surface area (Å²) in [6.07, 6.45) is 1.49. The Morgan fingerprint density at radius 1 is 1.20 bits per heavy atom. The van der Waals surface area contributed by atoms with Gasteiger partial charge in [0, 0.05) is 29.5 Å². The van der Waals surface area contributed by atoms with Crippen LogP contribution < -0.4 is 0 Å². The maximum Gasteiger partial charge on any atom is 0.310 e. The van der Waals surface area contributed by atoms with Crippen LogP contribution in [0.25, 0.3) is 10.4 Å². The number of hydrogen-bond donors (Lipinski definition) is 0. The second-order valence-corrected chi connectivity index (χ2v) is 9.26. The third-order valence-corrected chi connectivity index (χ3v) is 6.71. The van der Waals surface area contributed by atoms with Crippen molar-refractivity contribution < 1.29 is 19.1 Å². The highest BCUT2D eigenvalue weighted by atomic mass is 79.9. The molecule has 2 aromatic rings. The van der Waals surface area contributed by atoms with Crippen molar-refractivity contribution in [2.75, 3.05) is 33.3 Å². The Balaban J connectivity index is 1.59. The molecule has 1 aliphatic heterocycles. The van der Waals surface area contributed by atoms with E-state index in [-0.39, 0.29) is 30.2 Å². The number of likely N-dealkylation sites (tertiary alicyclic amines) is 1. The summed E-state index contributed by atoms with van der Waals surface area (Å²) in [5.74, 6) is -0.867. The van der Waals surface area contributed by atoms with Crippen molar-refractivity contribution in [3.05, 3.63) is 45.7 Å². The number of carbonyl (C=O) groups excluding carboxylic acids is 3. The van der Waals surface area contributed by atoms with Gasteiger partial charge in [0.15, 0.2) is 0 Å². The average Bonchev–Trinajstić information content (AvgIpc) is 3.24. The number of esters is 1. The number of hydrogen-bond acceptors (Lipinski definition) is 5. The van der Waals surface area contributed by atoms with Gasteiger partial charge >= 0.3 is 5.97 Å². The number of benzene rings is 1. The predicted molar refractivity (Wildman–Crippen MR) is 120 cm³/mol. The molecule has 0 radical (unpaired) electrons. The fourth-order valence-electron chi connectivity index (χ4n) is 3.44. The Kier molecular flexibility index (Phi) is 7.66. The first kappa shape index (κ1) is 22.5. The normalized spacial score (nSPS) is 16.2. The minimum absolute atomic E-state index is 0.0140. The van der Waals surface area contributed by atoms with E-state index >= 15 is 0 Å². The summed E-state index contributed by atoms with van der Waals surface area (Å²) in [4.78, 5) is 42.2. The number of ether oxygens (including phenoxy) is 1. The molecule has 30 heavy (non-hydrogen) atoms. The maximum atomic E-state index is 12.8. The van der Waals surface area contributed by atoms with E-state index in [1.807, 2.05) is 30.3 Å². The van der Waals surface area contributed by atoms with Gasteiger partial charge < -0.3 is 14.5 Å². The Morgan fingerprint density at radius 3 is 2.63 bits per heavy atom. The molecule has 1 unspecified atom stereocenters. The van der Waals surface area contributed by atoms with E-state index in [1.165, 1.54) is 16.2 Å². The monoisotopic (exact) mass is 492 g/mol. The van der Waals surface area contributed by atoms with E-state index in [1.54, 1.807) is 24.9 Å². The first-order chi connectivity index (χ1) is 14.4. The molecule has 0 spiro atoms. The van der Waals surface area contributed by atoms with E-state index in [0.717, 1.165) is 27.8 Å². The fraction of sp³-hybridized carbons (Fsp3) is 0.409. The SMILES string of the molecule is CCOC(=O)C1CCCN(C(=O)CN(C)C(=O)c2ccc(-c3ccc(Br)cc3)s2)C1. The molecule has 1 aliphatic rings. The summed E-state index contributed by atoms with van der Waals surface area (Å²) in [6.45, 7) is 3.05. The van der Waals surface area contributed by atoms with Crippen molar-refractivity contribution in [3.8, 4) is 10.4 Å². The number of nitrogens with zero attached hydrogens (tertiary/aromatic N) is 2. The molecule has 6 nitrogen and oxygen atoms in total. The van der Waals surface area contributed by atoms with Gasteiger partial charge in [0.2, 0.25) is 5.91 Å². The van der Waals surface area contributed by atoms with Gasteiger partial charge in [-0.2, -0.15) is 0 Å². The van der Waals surface area contributed by atoms with Crippen LogP contribution >= 0.6 is 27.3 Å². The molecule has 1 atom stereocenters. The standard InChI is InChI=1S/C22H25BrN2O4S/c1-3-29-22(28)16-5-4-12-25(13-16)20(26)14-24(2)21(27)19-11-10-18(30-19)15-6-8-17(23)9-7-15/h6-11,16H,3-5,12-14H2,1-2H3. The van der Waals surface area contributed by atoms with Crippen LogP contribution in [0.15, 0.2) is 40.9 Å². The van der Waals surface area contributed by atoms with Crippen molar-refractivity contribution in [2.45, 2.75) is 19.8 Å². The lowest BCUT2D eigenvalue weighted by molar-refractivity contribution is -0.151. The second kappa shape index (κ2) is 10.2.